The summed E-state index contributed by atoms with van der Waals surface area (Å²) in [4.78, 5) is 35.3. The van der Waals surface area contributed by atoms with Gasteiger partial charge in [-0.3, -0.25) is 14.4 Å². The standard InChI is InChI=1S/C21H14F6N2O6/c1-33-14-6-4-10-13(30)8-15(35-16(10)17(14)34-2)9-3-5-11(28-18(31)20(22,23)24)12(7-9)29-19(32)21(25,26)27/h3-8H,1-2H3,(H,28,31)(H,29,32). The van der Waals surface area contributed by atoms with E-state index in [0.717, 1.165) is 24.3 Å². The van der Waals surface area contributed by atoms with Gasteiger partial charge in [0.1, 0.15) is 5.76 Å². The highest BCUT2D eigenvalue weighted by molar-refractivity contribution is 6.03. The molecule has 1 aromatic heterocycles. The highest BCUT2D eigenvalue weighted by Crippen LogP contribution is 2.37. The van der Waals surface area contributed by atoms with Gasteiger partial charge in [0, 0.05) is 11.6 Å². The molecule has 3 rings (SSSR count). The summed E-state index contributed by atoms with van der Waals surface area (Å²) in [5.41, 5.74) is -2.39. The molecule has 0 aliphatic heterocycles. The number of methoxy groups -OCH3 is 2. The highest BCUT2D eigenvalue weighted by Gasteiger charge is 2.41. The molecule has 186 valence electrons. The molecule has 14 heteroatoms. The Hall–Kier alpha value is -4.23. The molecule has 35 heavy (non-hydrogen) atoms. The number of hydrogen-bond donors (Lipinski definition) is 2. The Morgan fingerprint density at radius 3 is 1.97 bits per heavy atom. The lowest BCUT2D eigenvalue weighted by Gasteiger charge is -2.16. The first-order valence-electron chi connectivity index (χ1n) is 9.36. The van der Waals surface area contributed by atoms with E-state index in [-0.39, 0.29) is 33.8 Å². The Morgan fingerprint density at radius 2 is 1.43 bits per heavy atom. The van der Waals surface area contributed by atoms with Gasteiger partial charge in [0.2, 0.25) is 5.75 Å². The predicted octanol–water partition coefficient (Wildman–Crippen LogP) is 4.48. The minimum absolute atomic E-state index is 0.0311. The molecule has 2 N–H and O–H groups in total. The first-order valence-corrected chi connectivity index (χ1v) is 9.36. The van der Waals surface area contributed by atoms with Gasteiger partial charge in [-0.2, -0.15) is 26.3 Å². The van der Waals surface area contributed by atoms with Crippen LogP contribution in [0.2, 0.25) is 0 Å². The Morgan fingerprint density at radius 1 is 0.829 bits per heavy atom. The Bertz CT molecular complexity index is 1360. The fraction of sp³-hybridized carbons (Fsp3) is 0.190. The van der Waals surface area contributed by atoms with E-state index in [4.69, 9.17) is 13.9 Å². The van der Waals surface area contributed by atoms with E-state index in [9.17, 15) is 40.7 Å². The summed E-state index contributed by atoms with van der Waals surface area (Å²) in [6.45, 7) is 0. The summed E-state index contributed by atoms with van der Waals surface area (Å²) in [6.07, 6.45) is -10.7. The number of halogens is 6. The molecule has 0 aliphatic carbocycles. The van der Waals surface area contributed by atoms with E-state index in [2.05, 4.69) is 0 Å². The second-order valence-corrected chi connectivity index (χ2v) is 6.82. The number of amides is 2. The smallest absolute Gasteiger partial charge is 0.471 e. The molecule has 0 radical (unpaired) electrons. The zero-order valence-electron chi connectivity index (χ0n) is 17.7. The van der Waals surface area contributed by atoms with Gasteiger partial charge in [0.25, 0.3) is 0 Å². The molecular formula is C21H14F6N2O6. The fourth-order valence-electron chi connectivity index (χ4n) is 2.97. The molecule has 0 atom stereocenters. The molecule has 0 spiro atoms. The van der Waals surface area contributed by atoms with Gasteiger partial charge in [-0.15, -0.1) is 0 Å². The van der Waals surface area contributed by atoms with Crippen LogP contribution in [0.15, 0.2) is 45.6 Å². The van der Waals surface area contributed by atoms with Crippen LogP contribution in [0.25, 0.3) is 22.3 Å². The molecular weight excluding hydrogens is 490 g/mol. The largest absolute Gasteiger partial charge is 0.493 e. The summed E-state index contributed by atoms with van der Waals surface area (Å²) in [6, 6.07) is 6.47. The van der Waals surface area contributed by atoms with E-state index in [1.165, 1.54) is 37.0 Å². The SMILES string of the molecule is COc1ccc2c(=O)cc(-c3ccc(NC(=O)C(F)(F)F)c(NC(=O)C(F)(F)F)c3)oc2c1OC. The van der Waals surface area contributed by atoms with Crippen molar-refractivity contribution >= 4 is 34.2 Å². The van der Waals surface area contributed by atoms with Crippen molar-refractivity contribution in [1.82, 2.24) is 0 Å². The number of alkyl halides is 6. The van der Waals surface area contributed by atoms with Crippen LogP contribution >= 0.6 is 0 Å². The number of rotatable bonds is 5. The monoisotopic (exact) mass is 504 g/mol. The molecule has 0 aliphatic rings. The number of fused-ring (bicyclic) bond motifs is 1. The van der Waals surface area contributed by atoms with Crippen LogP contribution in [0, 0.1) is 0 Å². The number of carbonyl (C=O) groups is 2. The van der Waals surface area contributed by atoms with Crippen molar-refractivity contribution in [3.8, 4) is 22.8 Å². The van der Waals surface area contributed by atoms with E-state index in [1.54, 1.807) is 0 Å². The third-order valence-corrected chi connectivity index (χ3v) is 4.56. The molecule has 0 saturated heterocycles. The lowest BCUT2D eigenvalue weighted by molar-refractivity contribution is -0.167. The van der Waals surface area contributed by atoms with Crippen LogP contribution in [-0.2, 0) is 9.59 Å². The van der Waals surface area contributed by atoms with Crippen LogP contribution in [0.5, 0.6) is 11.5 Å². The van der Waals surface area contributed by atoms with Crippen LogP contribution < -0.4 is 25.5 Å². The topological polar surface area (TPSA) is 107 Å². The van der Waals surface area contributed by atoms with Crippen molar-refractivity contribution in [3.63, 3.8) is 0 Å². The Kier molecular flexibility index (Phi) is 6.67. The van der Waals surface area contributed by atoms with Crippen LogP contribution in [-0.4, -0.2) is 38.4 Å². The zero-order chi connectivity index (χ0) is 26.1. The number of ether oxygens (including phenoxy) is 2. The molecule has 2 amide bonds. The third kappa shape index (κ3) is 5.31. The Labute approximate surface area is 191 Å². The molecule has 0 saturated carbocycles. The predicted molar refractivity (Wildman–Crippen MR) is 110 cm³/mol. The summed E-state index contributed by atoms with van der Waals surface area (Å²) in [5, 5.41) is 2.86. The minimum atomic E-state index is -5.39. The maximum Gasteiger partial charge on any atom is 0.471 e. The number of hydrogen-bond acceptors (Lipinski definition) is 6. The highest BCUT2D eigenvalue weighted by atomic mass is 19.4. The first kappa shape index (κ1) is 25.4. The molecule has 0 unspecified atom stereocenters. The fourth-order valence-corrected chi connectivity index (χ4v) is 2.97. The van der Waals surface area contributed by atoms with Crippen molar-refractivity contribution in [2.24, 2.45) is 0 Å². The van der Waals surface area contributed by atoms with Gasteiger partial charge in [-0.05, 0) is 30.3 Å². The van der Waals surface area contributed by atoms with E-state index >= 15 is 0 Å². The minimum Gasteiger partial charge on any atom is -0.493 e. The van der Waals surface area contributed by atoms with Crippen LogP contribution in [0.3, 0.4) is 0 Å². The van der Waals surface area contributed by atoms with Gasteiger partial charge in [0.15, 0.2) is 16.8 Å². The first-order chi connectivity index (χ1) is 16.3. The molecule has 1 heterocycles. The normalized spacial score (nSPS) is 11.8. The average molecular weight is 504 g/mol. The molecule has 8 nitrogen and oxygen atoms in total. The van der Waals surface area contributed by atoms with Gasteiger partial charge >= 0.3 is 24.2 Å². The zero-order valence-corrected chi connectivity index (χ0v) is 17.7. The third-order valence-electron chi connectivity index (χ3n) is 4.56. The second-order valence-electron chi connectivity index (χ2n) is 6.82. The average Bonchev–Trinajstić information content (AvgIpc) is 2.77. The van der Waals surface area contributed by atoms with Crippen molar-refractivity contribution in [1.29, 1.82) is 0 Å². The maximum absolute atomic E-state index is 12.8. The van der Waals surface area contributed by atoms with E-state index < -0.39 is 41.0 Å². The number of benzene rings is 2. The van der Waals surface area contributed by atoms with Gasteiger partial charge < -0.3 is 24.5 Å². The van der Waals surface area contributed by atoms with E-state index in [0.29, 0.717) is 0 Å². The number of anilines is 2. The van der Waals surface area contributed by atoms with E-state index in [1.807, 2.05) is 0 Å². The van der Waals surface area contributed by atoms with Gasteiger partial charge in [-0.1, -0.05) is 0 Å². The van der Waals surface area contributed by atoms with Gasteiger partial charge in [0.05, 0.1) is 31.0 Å². The summed E-state index contributed by atoms with van der Waals surface area (Å²) < 4.78 is 92.2. The lowest BCUT2D eigenvalue weighted by Crippen LogP contribution is -2.32. The van der Waals surface area contributed by atoms with Crippen molar-refractivity contribution < 1.29 is 49.8 Å². The summed E-state index contributed by atoms with van der Waals surface area (Å²) in [5.74, 6) is -5.00. The van der Waals surface area contributed by atoms with Crippen LogP contribution in [0.1, 0.15) is 0 Å². The second kappa shape index (κ2) is 9.19. The quantitative estimate of drug-likeness (QED) is 0.497. The summed E-state index contributed by atoms with van der Waals surface area (Å²) in [7, 11) is 2.60. The molecule has 3 aromatic rings. The molecule has 0 bridgehead atoms. The maximum atomic E-state index is 12.8. The Balaban J connectivity index is 2.17. The van der Waals surface area contributed by atoms with Gasteiger partial charge in [-0.25, -0.2) is 0 Å². The molecule has 2 aromatic carbocycles. The van der Waals surface area contributed by atoms with Crippen molar-refractivity contribution in [2.45, 2.75) is 12.4 Å². The number of carbonyl (C=O) groups excluding carboxylic acids is 2. The van der Waals surface area contributed by atoms with Crippen molar-refractivity contribution in [3.05, 3.63) is 46.6 Å². The molecule has 0 fully saturated rings. The van der Waals surface area contributed by atoms with Crippen LogP contribution in [0.4, 0.5) is 37.7 Å². The number of nitrogens with one attached hydrogen (secondary N) is 2. The van der Waals surface area contributed by atoms with Crippen molar-refractivity contribution in [2.75, 3.05) is 24.9 Å². The summed E-state index contributed by atoms with van der Waals surface area (Å²) >= 11 is 0. The lowest BCUT2D eigenvalue weighted by atomic mass is 10.1.